The maximum atomic E-state index is 10.8. The van der Waals surface area contributed by atoms with E-state index in [2.05, 4.69) is 0 Å². The zero-order chi connectivity index (χ0) is 12.4. The summed E-state index contributed by atoms with van der Waals surface area (Å²) in [4.78, 5) is 12.4. The molecule has 1 aliphatic heterocycles. The number of urea groups is 1. The molecular weight excluding hydrogens is 240 g/mol. The number of para-hydroxylation sites is 1. The van der Waals surface area contributed by atoms with Crippen LogP contribution in [0.2, 0.25) is 5.02 Å². The van der Waals surface area contributed by atoms with Crippen molar-refractivity contribution in [2.45, 2.75) is 6.92 Å². The molecular formula is C12H15ClN2O2. The summed E-state index contributed by atoms with van der Waals surface area (Å²) in [5.74, 6) is 1.07. The maximum absolute atomic E-state index is 10.8. The smallest absolute Gasteiger partial charge is 0.314 e. The molecule has 4 nitrogen and oxygen atoms in total. The van der Waals surface area contributed by atoms with E-state index in [0.29, 0.717) is 30.6 Å². The van der Waals surface area contributed by atoms with Crippen molar-refractivity contribution in [1.82, 2.24) is 4.90 Å². The van der Waals surface area contributed by atoms with E-state index >= 15 is 0 Å². The zero-order valence-corrected chi connectivity index (χ0v) is 10.4. The number of amides is 2. The largest absolute Gasteiger partial charge is 0.491 e. The van der Waals surface area contributed by atoms with Crippen molar-refractivity contribution >= 4 is 17.6 Å². The van der Waals surface area contributed by atoms with Gasteiger partial charge in [-0.05, 0) is 18.6 Å². The highest BCUT2D eigenvalue weighted by Crippen LogP contribution is 2.29. The molecule has 5 heteroatoms. The van der Waals surface area contributed by atoms with Crippen LogP contribution in [0.4, 0.5) is 4.79 Å². The molecule has 1 aliphatic rings. The highest BCUT2D eigenvalue weighted by atomic mass is 35.5. The molecule has 1 saturated heterocycles. The fraction of sp³-hybridized carbons (Fsp3) is 0.417. The Hall–Kier alpha value is -1.42. The third-order valence-corrected chi connectivity index (χ3v) is 3.19. The van der Waals surface area contributed by atoms with Crippen molar-refractivity contribution in [3.8, 4) is 5.75 Å². The van der Waals surface area contributed by atoms with E-state index in [1.165, 1.54) is 0 Å². The van der Waals surface area contributed by atoms with Crippen molar-refractivity contribution in [3.05, 3.63) is 28.8 Å². The van der Waals surface area contributed by atoms with Crippen molar-refractivity contribution < 1.29 is 9.53 Å². The van der Waals surface area contributed by atoms with Crippen LogP contribution in [0.15, 0.2) is 18.2 Å². The number of aryl methyl sites for hydroxylation is 1. The second kappa shape index (κ2) is 4.84. The van der Waals surface area contributed by atoms with Gasteiger partial charge in [-0.25, -0.2) is 4.79 Å². The molecule has 1 fully saturated rings. The number of likely N-dealkylation sites (tertiary alicyclic amines) is 1. The molecule has 2 rings (SSSR count). The van der Waals surface area contributed by atoms with Crippen LogP contribution in [-0.4, -0.2) is 30.6 Å². The van der Waals surface area contributed by atoms with Crippen LogP contribution in [-0.2, 0) is 0 Å². The van der Waals surface area contributed by atoms with Gasteiger partial charge in [0, 0.05) is 19.0 Å². The van der Waals surface area contributed by atoms with Gasteiger partial charge in [0.2, 0.25) is 0 Å². The summed E-state index contributed by atoms with van der Waals surface area (Å²) in [6, 6.07) is 5.29. The molecule has 0 aliphatic carbocycles. The lowest BCUT2D eigenvalue weighted by Gasteiger charge is -2.37. The van der Waals surface area contributed by atoms with Gasteiger partial charge >= 0.3 is 6.03 Å². The van der Waals surface area contributed by atoms with E-state index in [9.17, 15) is 4.79 Å². The SMILES string of the molecule is Cc1cccc(Cl)c1OCC1CN(C(N)=O)C1. The molecule has 0 saturated carbocycles. The number of nitrogens with two attached hydrogens (primary N) is 1. The predicted molar refractivity (Wildman–Crippen MR) is 66.3 cm³/mol. The standard InChI is InChI=1S/C12H15ClN2O2/c1-8-3-2-4-10(13)11(8)17-7-9-5-15(6-9)12(14)16/h2-4,9H,5-7H2,1H3,(H2,14,16). The molecule has 0 unspecified atom stereocenters. The lowest BCUT2D eigenvalue weighted by atomic mass is 10.0. The molecule has 0 bridgehead atoms. The number of primary amides is 1. The van der Waals surface area contributed by atoms with Crippen LogP contribution in [0, 0.1) is 12.8 Å². The first-order chi connectivity index (χ1) is 8.08. The van der Waals surface area contributed by atoms with E-state index in [1.54, 1.807) is 11.0 Å². The third-order valence-electron chi connectivity index (χ3n) is 2.90. The van der Waals surface area contributed by atoms with Gasteiger partial charge in [-0.2, -0.15) is 0 Å². The Kier molecular flexibility index (Phi) is 3.43. The normalized spacial score (nSPS) is 15.5. The van der Waals surface area contributed by atoms with Gasteiger partial charge in [-0.3, -0.25) is 0 Å². The summed E-state index contributed by atoms with van der Waals surface area (Å²) in [6.07, 6.45) is 0. The van der Waals surface area contributed by atoms with E-state index in [1.807, 2.05) is 19.1 Å². The lowest BCUT2D eigenvalue weighted by molar-refractivity contribution is 0.0901. The minimum absolute atomic E-state index is 0.346. The molecule has 0 atom stereocenters. The molecule has 92 valence electrons. The van der Waals surface area contributed by atoms with E-state index in [-0.39, 0.29) is 6.03 Å². The Morgan fingerprint density at radius 1 is 1.59 bits per heavy atom. The first-order valence-corrected chi connectivity index (χ1v) is 5.88. The number of carbonyl (C=O) groups is 1. The molecule has 1 aromatic rings. The quantitative estimate of drug-likeness (QED) is 0.897. The Morgan fingerprint density at radius 3 is 2.88 bits per heavy atom. The van der Waals surface area contributed by atoms with E-state index in [4.69, 9.17) is 22.1 Å². The number of ether oxygens (including phenoxy) is 1. The lowest BCUT2D eigenvalue weighted by Crippen LogP contribution is -2.54. The number of benzene rings is 1. The fourth-order valence-electron chi connectivity index (χ4n) is 1.86. The Labute approximate surface area is 105 Å². The second-order valence-electron chi connectivity index (χ2n) is 4.31. The van der Waals surface area contributed by atoms with Crippen LogP contribution in [0.25, 0.3) is 0 Å². The zero-order valence-electron chi connectivity index (χ0n) is 9.65. The fourth-order valence-corrected chi connectivity index (χ4v) is 2.13. The minimum Gasteiger partial charge on any atom is -0.491 e. The number of halogens is 1. The summed E-state index contributed by atoms with van der Waals surface area (Å²) in [7, 11) is 0. The number of hydrogen-bond acceptors (Lipinski definition) is 2. The van der Waals surface area contributed by atoms with Crippen molar-refractivity contribution in [2.75, 3.05) is 19.7 Å². The van der Waals surface area contributed by atoms with Crippen molar-refractivity contribution in [3.63, 3.8) is 0 Å². The summed E-state index contributed by atoms with van der Waals surface area (Å²) in [5.41, 5.74) is 6.16. The molecule has 1 heterocycles. The Morgan fingerprint density at radius 2 is 2.29 bits per heavy atom. The molecule has 17 heavy (non-hydrogen) atoms. The Balaban J connectivity index is 1.86. The molecule has 2 N–H and O–H groups in total. The van der Waals surface area contributed by atoms with Crippen molar-refractivity contribution in [2.24, 2.45) is 11.7 Å². The number of nitrogens with zero attached hydrogens (tertiary/aromatic N) is 1. The average molecular weight is 255 g/mol. The Bertz CT molecular complexity index is 410. The topological polar surface area (TPSA) is 55.6 Å². The summed E-state index contributed by atoms with van der Waals surface area (Å²) in [5, 5.41) is 0.621. The first-order valence-electron chi connectivity index (χ1n) is 5.50. The average Bonchev–Trinajstić information content (AvgIpc) is 2.18. The number of carbonyl (C=O) groups excluding carboxylic acids is 1. The third kappa shape index (κ3) is 2.64. The second-order valence-corrected chi connectivity index (χ2v) is 4.71. The van der Waals surface area contributed by atoms with Gasteiger partial charge in [0.15, 0.2) is 0 Å². The molecule has 0 radical (unpaired) electrons. The number of rotatable bonds is 3. The highest BCUT2D eigenvalue weighted by molar-refractivity contribution is 6.32. The van der Waals surface area contributed by atoms with Gasteiger partial charge < -0.3 is 15.4 Å². The van der Waals surface area contributed by atoms with Crippen LogP contribution < -0.4 is 10.5 Å². The first kappa shape index (κ1) is 12.0. The maximum Gasteiger partial charge on any atom is 0.314 e. The van der Waals surface area contributed by atoms with Crippen molar-refractivity contribution in [1.29, 1.82) is 0 Å². The predicted octanol–water partition coefficient (Wildman–Crippen LogP) is 2.04. The number of hydrogen-bond donors (Lipinski definition) is 1. The van der Waals surface area contributed by atoms with Gasteiger partial charge in [0.1, 0.15) is 5.75 Å². The monoisotopic (exact) mass is 254 g/mol. The minimum atomic E-state index is -0.366. The van der Waals surface area contributed by atoms with Gasteiger partial charge in [-0.1, -0.05) is 23.7 Å². The van der Waals surface area contributed by atoms with Crippen LogP contribution >= 0.6 is 11.6 Å². The van der Waals surface area contributed by atoms with Crippen LogP contribution in [0.5, 0.6) is 5.75 Å². The summed E-state index contributed by atoms with van der Waals surface area (Å²) in [6.45, 7) is 3.85. The highest BCUT2D eigenvalue weighted by Gasteiger charge is 2.29. The van der Waals surface area contributed by atoms with E-state index < -0.39 is 0 Å². The molecule has 0 spiro atoms. The summed E-state index contributed by atoms with van der Waals surface area (Å²) < 4.78 is 5.69. The van der Waals surface area contributed by atoms with Gasteiger partial charge in [0.25, 0.3) is 0 Å². The molecule has 0 aromatic heterocycles. The van der Waals surface area contributed by atoms with Gasteiger partial charge in [-0.15, -0.1) is 0 Å². The van der Waals surface area contributed by atoms with E-state index in [0.717, 1.165) is 11.3 Å². The molecule has 1 aromatic carbocycles. The summed E-state index contributed by atoms with van der Waals surface area (Å²) >= 11 is 6.04. The molecule has 2 amide bonds. The van der Waals surface area contributed by atoms with Crippen LogP contribution in [0.1, 0.15) is 5.56 Å². The van der Waals surface area contributed by atoms with Crippen LogP contribution in [0.3, 0.4) is 0 Å². The van der Waals surface area contributed by atoms with Gasteiger partial charge in [0.05, 0.1) is 11.6 Å².